The van der Waals surface area contributed by atoms with Crippen LogP contribution in [0.2, 0.25) is 0 Å². The number of esters is 1. The number of carbonyl (C=O) groups excluding carboxylic acids is 3. The van der Waals surface area contributed by atoms with Gasteiger partial charge in [-0.1, -0.05) is 6.07 Å². The van der Waals surface area contributed by atoms with Crippen molar-refractivity contribution in [3.8, 4) is 0 Å². The van der Waals surface area contributed by atoms with Crippen LogP contribution in [-0.2, 0) is 17.8 Å². The lowest BCUT2D eigenvalue weighted by atomic mass is 10.0. The quantitative estimate of drug-likeness (QED) is 0.407. The maximum atomic E-state index is 13.3. The van der Waals surface area contributed by atoms with Crippen molar-refractivity contribution >= 4 is 17.7 Å². The molecule has 1 amide bonds. The molecule has 0 unspecified atom stereocenters. The van der Waals surface area contributed by atoms with Gasteiger partial charge in [-0.2, -0.15) is 0 Å². The summed E-state index contributed by atoms with van der Waals surface area (Å²) in [6.07, 6.45) is 4.70. The number of carbonyl (C=O) groups is 3. The first kappa shape index (κ1) is 22.0. The summed E-state index contributed by atoms with van der Waals surface area (Å²) < 4.78 is 11.9. The number of ether oxygens (including phenoxy) is 1. The predicted octanol–water partition coefficient (Wildman–Crippen LogP) is 3.42. The van der Waals surface area contributed by atoms with Crippen molar-refractivity contribution in [2.75, 3.05) is 13.7 Å². The van der Waals surface area contributed by atoms with Crippen molar-refractivity contribution in [2.24, 2.45) is 0 Å². The third-order valence-corrected chi connectivity index (χ3v) is 5.19. The molecule has 0 aliphatic carbocycles. The van der Waals surface area contributed by atoms with E-state index >= 15 is 0 Å². The van der Waals surface area contributed by atoms with E-state index in [0.717, 1.165) is 5.56 Å². The van der Waals surface area contributed by atoms with Crippen LogP contribution < -0.4 is 0 Å². The van der Waals surface area contributed by atoms with Crippen molar-refractivity contribution in [2.45, 2.75) is 33.9 Å². The second kappa shape index (κ2) is 9.42. The molecule has 3 heterocycles. The third kappa shape index (κ3) is 4.42. The molecule has 0 fully saturated rings. The SMILES string of the molecule is CCn1c(C)c(C(=O)CN(Cc2cccnc2)C(=O)c2ccco2)c(C)c1C(=O)OC. The molecule has 8 heteroatoms. The van der Waals surface area contributed by atoms with Crippen LogP contribution in [0.5, 0.6) is 0 Å². The van der Waals surface area contributed by atoms with Gasteiger partial charge in [-0.25, -0.2) is 4.79 Å². The first-order valence-electron chi connectivity index (χ1n) is 9.91. The van der Waals surface area contributed by atoms with Gasteiger partial charge < -0.3 is 18.6 Å². The lowest BCUT2D eigenvalue weighted by Crippen LogP contribution is -2.35. The number of furan rings is 1. The first-order valence-corrected chi connectivity index (χ1v) is 9.91. The predicted molar refractivity (Wildman–Crippen MR) is 113 cm³/mol. The molecule has 0 aromatic carbocycles. The lowest BCUT2D eigenvalue weighted by Gasteiger charge is -2.21. The molecule has 3 rings (SSSR count). The highest BCUT2D eigenvalue weighted by atomic mass is 16.5. The van der Waals surface area contributed by atoms with Crippen molar-refractivity contribution in [3.63, 3.8) is 0 Å². The molecule has 0 saturated carbocycles. The minimum atomic E-state index is -0.500. The van der Waals surface area contributed by atoms with E-state index in [2.05, 4.69) is 4.98 Å². The summed E-state index contributed by atoms with van der Waals surface area (Å²) in [5, 5.41) is 0. The van der Waals surface area contributed by atoms with Gasteiger partial charge in [0, 0.05) is 36.7 Å². The third-order valence-electron chi connectivity index (χ3n) is 5.19. The Kier molecular flexibility index (Phi) is 6.69. The molecule has 0 saturated heterocycles. The Hall–Kier alpha value is -3.68. The van der Waals surface area contributed by atoms with E-state index in [0.29, 0.717) is 29.1 Å². The van der Waals surface area contributed by atoms with Crippen molar-refractivity contribution in [3.05, 3.63) is 76.8 Å². The molecule has 0 aliphatic rings. The molecule has 3 aromatic rings. The highest BCUT2D eigenvalue weighted by Crippen LogP contribution is 2.24. The largest absolute Gasteiger partial charge is 0.464 e. The number of amides is 1. The van der Waals surface area contributed by atoms with Crippen LogP contribution in [0.1, 0.15) is 55.1 Å². The van der Waals surface area contributed by atoms with E-state index in [1.807, 2.05) is 13.0 Å². The Balaban J connectivity index is 1.96. The molecule has 0 bridgehead atoms. The van der Waals surface area contributed by atoms with Gasteiger partial charge in [0.05, 0.1) is 19.9 Å². The zero-order chi connectivity index (χ0) is 22.5. The second-order valence-corrected chi connectivity index (χ2v) is 7.09. The zero-order valence-corrected chi connectivity index (χ0v) is 18.0. The Labute approximate surface area is 180 Å². The van der Waals surface area contributed by atoms with E-state index in [-0.39, 0.29) is 24.6 Å². The molecule has 0 radical (unpaired) electrons. The van der Waals surface area contributed by atoms with Crippen molar-refractivity contribution < 1.29 is 23.5 Å². The van der Waals surface area contributed by atoms with Crippen LogP contribution in [0, 0.1) is 13.8 Å². The Bertz CT molecular complexity index is 1080. The fourth-order valence-corrected chi connectivity index (χ4v) is 3.78. The first-order chi connectivity index (χ1) is 14.9. The van der Waals surface area contributed by atoms with E-state index in [1.165, 1.54) is 18.3 Å². The summed E-state index contributed by atoms with van der Waals surface area (Å²) in [5.74, 6) is -1.02. The number of hydrogen-bond acceptors (Lipinski definition) is 6. The highest BCUT2D eigenvalue weighted by molar-refractivity contribution is 6.05. The Morgan fingerprint density at radius 1 is 1.19 bits per heavy atom. The summed E-state index contributed by atoms with van der Waals surface area (Å²) in [6, 6.07) is 6.78. The van der Waals surface area contributed by atoms with Gasteiger partial charge in [-0.15, -0.1) is 0 Å². The summed E-state index contributed by atoms with van der Waals surface area (Å²) in [4.78, 5) is 44.1. The molecule has 31 heavy (non-hydrogen) atoms. The Morgan fingerprint density at radius 3 is 2.55 bits per heavy atom. The monoisotopic (exact) mass is 423 g/mol. The minimum absolute atomic E-state index is 0.145. The average molecular weight is 423 g/mol. The highest BCUT2D eigenvalue weighted by Gasteiger charge is 2.29. The number of Topliss-reactive ketones (excluding diaryl/α,β-unsaturated/α-hetero) is 1. The topological polar surface area (TPSA) is 94.6 Å². The van der Waals surface area contributed by atoms with Crippen LogP contribution >= 0.6 is 0 Å². The second-order valence-electron chi connectivity index (χ2n) is 7.09. The lowest BCUT2D eigenvalue weighted by molar-refractivity contribution is 0.0587. The molecule has 0 atom stereocenters. The fraction of sp³-hybridized carbons (Fsp3) is 0.304. The van der Waals surface area contributed by atoms with Crippen LogP contribution in [0.25, 0.3) is 0 Å². The van der Waals surface area contributed by atoms with Gasteiger partial charge in [0.25, 0.3) is 5.91 Å². The van der Waals surface area contributed by atoms with Gasteiger partial charge in [0.1, 0.15) is 5.69 Å². The minimum Gasteiger partial charge on any atom is -0.464 e. The van der Waals surface area contributed by atoms with Gasteiger partial charge in [-0.3, -0.25) is 14.6 Å². The fourth-order valence-electron chi connectivity index (χ4n) is 3.78. The number of methoxy groups -OCH3 is 1. The number of pyridine rings is 1. The molecule has 3 aromatic heterocycles. The molecule has 0 aliphatic heterocycles. The number of hydrogen-bond donors (Lipinski definition) is 0. The summed E-state index contributed by atoms with van der Waals surface area (Å²) >= 11 is 0. The number of rotatable bonds is 8. The maximum absolute atomic E-state index is 13.3. The number of nitrogens with zero attached hydrogens (tertiary/aromatic N) is 3. The smallest absolute Gasteiger partial charge is 0.354 e. The molecule has 8 nitrogen and oxygen atoms in total. The van der Waals surface area contributed by atoms with Crippen LogP contribution in [-0.4, -0.2) is 45.8 Å². The van der Waals surface area contributed by atoms with Crippen molar-refractivity contribution in [1.82, 2.24) is 14.5 Å². The zero-order valence-electron chi connectivity index (χ0n) is 18.0. The van der Waals surface area contributed by atoms with Crippen molar-refractivity contribution in [1.29, 1.82) is 0 Å². The van der Waals surface area contributed by atoms with Crippen LogP contribution in [0.4, 0.5) is 0 Å². The van der Waals surface area contributed by atoms with E-state index < -0.39 is 11.9 Å². The van der Waals surface area contributed by atoms with Gasteiger partial charge >= 0.3 is 5.97 Å². The van der Waals surface area contributed by atoms with Crippen LogP contribution in [0.15, 0.2) is 47.3 Å². The van der Waals surface area contributed by atoms with Gasteiger partial charge in [-0.05, 0) is 50.1 Å². The summed E-state index contributed by atoms with van der Waals surface area (Å²) in [5.41, 5.74) is 2.76. The van der Waals surface area contributed by atoms with E-state index in [4.69, 9.17) is 9.15 Å². The molecule has 0 spiro atoms. The van der Waals surface area contributed by atoms with E-state index in [9.17, 15) is 14.4 Å². The van der Waals surface area contributed by atoms with Crippen LogP contribution in [0.3, 0.4) is 0 Å². The summed E-state index contributed by atoms with van der Waals surface area (Å²) in [7, 11) is 1.31. The molecular weight excluding hydrogens is 398 g/mol. The maximum Gasteiger partial charge on any atom is 0.354 e. The normalized spacial score (nSPS) is 10.7. The molecule has 162 valence electrons. The van der Waals surface area contributed by atoms with E-state index in [1.54, 1.807) is 49.0 Å². The summed E-state index contributed by atoms with van der Waals surface area (Å²) in [6.45, 7) is 5.92. The molecule has 0 N–H and O–H groups in total. The number of aromatic nitrogens is 2. The standard InChI is InChI=1S/C23H25N3O5/c1-5-26-16(3)20(15(2)21(26)23(29)30-4)18(27)14-25(13-17-8-6-10-24-12-17)22(28)19-9-7-11-31-19/h6-12H,5,13-14H2,1-4H3. The van der Waals surface area contributed by atoms with Gasteiger partial charge in [0.2, 0.25) is 0 Å². The molecular formula is C23H25N3O5. The average Bonchev–Trinajstić information content (AvgIpc) is 3.39. The number of ketones is 1. The Morgan fingerprint density at radius 2 is 1.97 bits per heavy atom. The van der Waals surface area contributed by atoms with Gasteiger partial charge in [0.15, 0.2) is 11.5 Å².